The highest BCUT2D eigenvalue weighted by molar-refractivity contribution is 6.30. The van der Waals surface area contributed by atoms with Gasteiger partial charge in [0.05, 0.1) is 0 Å². The molecule has 1 fully saturated rings. The van der Waals surface area contributed by atoms with E-state index in [0.717, 1.165) is 36.8 Å². The third-order valence-corrected chi connectivity index (χ3v) is 7.38. The number of hydrogen-bond acceptors (Lipinski definition) is 4. The Bertz CT molecular complexity index is 1290. The highest BCUT2D eigenvalue weighted by atomic mass is 35.5. The highest BCUT2D eigenvalue weighted by Gasteiger charge is 2.34. The molecule has 1 aliphatic rings. The first kappa shape index (κ1) is 29.3. The molecule has 2 aromatic carbocycles. The molecule has 1 saturated carbocycles. The van der Waals surface area contributed by atoms with Gasteiger partial charge in [-0.2, -0.15) is 0 Å². The van der Waals surface area contributed by atoms with Crippen LogP contribution in [0.4, 0.5) is 11.5 Å². The van der Waals surface area contributed by atoms with Crippen LogP contribution in [0.25, 0.3) is 0 Å². The van der Waals surface area contributed by atoms with E-state index >= 15 is 0 Å². The van der Waals surface area contributed by atoms with E-state index in [9.17, 15) is 14.4 Å². The zero-order chi connectivity index (χ0) is 28.5. The number of pyridine rings is 1. The molecule has 1 aromatic heterocycles. The van der Waals surface area contributed by atoms with E-state index in [4.69, 9.17) is 11.6 Å². The zero-order valence-electron chi connectivity index (χ0n) is 23.2. The van der Waals surface area contributed by atoms with E-state index in [1.807, 2.05) is 32.0 Å². The molecule has 0 bridgehead atoms. The molecule has 1 unspecified atom stereocenters. The number of aromatic nitrogens is 1. The molecule has 2 N–H and O–H groups in total. The maximum atomic E-state index is 14.0. The second-order valence-corrected chi connectivity index (χ2v) is 11.0. The van der Waals surface area contributed by atoms with Crippen molar-refractivity contribution in [3.05, 3.63) is 88.6 Å². The van der Waals surface area contributed by atoms with Crippen molar-refractivity contribution in [3.8, 4) is 0 Å². The highest BCUT2D eigenvalue weighted by Crippen LogP contribution is 2.32. The standard InChI is InChI=1S/C32H37ClN4O3/c1-22-19-23(2)21-27(20-22)37(30(39)13-8-12-29(38)36-28-11-6-7-18-34-28)31(24-14-16-25(33)17-15-24)32(40)35-26-9-4-3-5-10-26/h6-7,11,14-21,26,31H,3-5,8-10,12-13H2,1-2H3,(H,35,40)(H,34,36,38). The Kier molecular flexibility index (Phi) is 10.3. The van der Waals surface area contributed by atoms with Crippen LogP contribution in [-0.2, 0) is 14.4 Å². The molecule has 3 aromatic rings. The summed E-state index contributed by atoms with van der Waals surface area (Å²) < 4.78 is 0. The van der Waals surface area contributed by atoms with E-state index < -0.39 is 6.04 Å². The Labute approximate surface area is 241 Å². The van der Waals surface area contributed by atoms with E-state index in [2.05, 4.69) is 15.6 Å². The third-order valence-electron chi connectivity index (χ3n) is 7.12. The van der Waals surface area contributed by atoms with Gasteiger partial charge in [0.1, 0.15) is 11.9 Å². The van der Waals surface area contributed by atoms with E-state index in [1.54, 1.807) is 53.6 Å². The van der Waals surface area contributed by atoms with Crippen LogP contribution in [0.5, 0.6) is 0 Å². The second-order valence-electron chi connectivity index (χ2n) is 10.5. The lowest BCUT2D eigenvalue weighted by Gasteiger charge is -2.34. The van der Waals surface area contributed by atoms with E-state index in [-0.39, 0.29) is 36.6 Å². The second kappa shape index (κ2) is 14.1. The summed E-state index contributed by atoms with van der Waals surface area (Å²) in [4.78, 5) is 46.1. The number of aryl methyl sites for hydroxylation is 2. The van der Waals surface area contributed by atoms with Gasteiger partial charge in [-0.25, -0.2) is 4.98 Å². The normalized spacial score (nSPS) is 14.3. The van der Waals surface area contributed by atoms with Gasteiger partial charge in [-0.1, -0.05) is 55.1 Å². The topological polar surface area (TPSA) is 91.4 Å². The number of nitrogens with one attached hydrogen (secondary N) is 2. The van der Waals surface area contributed by atoms with Crippen LogP contribution >= 0.6 is 11.6 Å². The van der Waals surface area contributed by atoms with Gasteiger partial charge in [-0.15, -0.1) is 0 Å². The molecule has 0 saturated heterocycles. The first-order valence-electron chi connectivity index (χ1n) is 14.0. The maximum Gasteiger partial charge on any atom is 0.248 e. The fourth-order valence-corrected chi connectivity index (χ4v) is 5.41. The van der Waals surface area contributed by atoms with Gasteiger partial charge in [0.15, 0.2) is 0 Å². The van der Waals surface area contributed by atoms with Gasteiger partial charge in [-0.05, 0) is 86.2 Å². The molecule has 0 radical (unpaired) electrons. The SMILES string of the molecule is Cc1cc(C)cc(N(C(=O)CCCC(=O)Nc2ccccn2)C(C(=O)NC2CCCCC2)c2ccc(Cl)cc2)c1. The predicted octanol–water partition coefficient (Wildman–Crippen LogP) is 6.68. The van der Waals surface area contributed by atoms with Gasteiger partial charge in [0, 0.05) is 35.8 Å². The van der Waals surface area contributed by atoms with Crippen molar-refractivity contribution in [2.24, 2.45) is 0 Å². The minimum atomic E-state index is -0.879. The molecular formula is C32H37ClN4O3. The average Bonchev–Trinajstić information content (AvgIpc) is 2.92. The number of rotatable bonds is 10. The summed E-state index contributed by atoms with van der Waals surface area (Å²) in [6.45, 7) is 3.95. The Morgan fingerprint density at radius 3 is 2.30 bits per heavy atom. The fraction of sp³-hybridized carbons (Fsp3) is 0.375. The van der Waals surface area contributed by atoms with Crippen molar-refractivity contribution in [2.45, 2.75) is 77.3 Å². The molecule has 0 spiro atoms. The first-order valence-corrected chi connectivity index (χ1v) is 14.3. The molecule has 3 amide bonds. The van der Waals surface area contributed by atoms with Crippen molar-refractivity contribution in [2.75, 3.05) is 10.2 Å². The molecule has 0 aliphatic heterocycles. The summed E-state index contributed by atoms with van der Waals surface area (Å²) >= 11 is 6.19. The Balaban J connectivity index is 1.60. The molecular weight excluding hydrogens is 524 g/mol. The minimum Gasteiger partial charge on any atom is -0.351 e. The van der Waals surface area contributed by atoms with Crippen LogP contribution in [0.3, 0.4) is 0 Å². The predicted molar refractivity (Wildman–Crippen MR) is 159 cm³/mol. The van der Waals surface area contributed by atoms with Gasteiger partial charge in [0.2, 0.25) is 17.7 Å². The Hall–Kier alpha value is -3.71. The van der Waals surface area contributed by atoms with Crippen molar-refractivity contribution in [3.63, 3.8) is 0 Å². The summed E-state index contributed by atoms with van der Waals surface area (Å²) in [7, 11) is 0. The monoisotopic (exact) mass is 560 g/mol. The van der Waals surface area contributed by atoms with Crippen molar-refractivity contribution >= 4 is 40.8 Å². The molecule has 4 rings (SSSR count). The maximum absolute atomic E-state index is 14.0. The number of nitrogens with zero attached hydrogens (tertiary/aromatic N) is 2. The lowest BCUT2D eigenvalue weighted by Crippen LogP contribution is -2.47. The quantitative estimate of drug-likeness (QED) is 0.289. The largest absolute Gasteiger partial charge is 0.351 e. The molecule has 1 atom stereocenters. The van der Waals surface area contributed by atoms with E-state index in [0.29, 0.717) is 28.5 Å². The van der Waals surface area contributed by atoms with Crippen LogP contribution in [0.15, 0.2) is 66.9 Å². The number of halogens is 1. The molecule has 8 heteroatoms. The number of amides is 3. The van der Waals surface area contributed by atoms with Crippen LogP contribution in [-0.4, -0.2) is 28.7 Å². The summed E-state index contributed by atoms with van der Waals surface area (Å²) in [5.41, 5.74) is 3.31. The summed E-state index contributed by atoms with van der Waals surface area (Å²) in [5.74, 6) is -0.185. The minimum absolute atomic E-state index is 0.0857. The van der Waals surface area contributed by atoms with Gasteiger partial charge >= 0.3 is 0 Å². The number of hydrogen-bond donors (Lipinski definition) is 2. The van der Waals surface area contributed by atoms with Crippen molar-refractivity contribution < 1.29 is 14.4 Å². The number of carbonyl (C=O) groups is 3. The van der Waals surface area contributed by atoms with Gasteiger partial charge in [0.25, 0.3) is 0 Å². The smallest absolute Gasteiger partial charge is 0.248 e. The van der Waals surface area contributed by atoms with Crippen LogP contribution in [0.1, 0.15) is 74.1 Å². The first-order chi connectivity index (χ1) is 19.3. The van der Waals surface area contributed by atoms with E-state index in [1.165, 1.54) is 6.42 Å². The molecule has 210 valence electrons. The number of anilines is 2. The van der Waals surface area contributed by atoms with Crippen LogP contribution in [0.2, 0.25) is 5.02 Å². The summed E-state index contributed by atoms with van der Waals surface area (Å²) in [5, 5.41) is 6.54. The lowest BCUT2D eigenvalue weighted by molar-refractivity contribution is -0.127. The Morgan fingerprint density at radius 2 is 1.65 bits per heavy atom. The number of carbonyl (C=O) groups excluding carboxylic acids is 3. The van der Waals surface area contributed by atoms with Crippen LogP contribution in [0, 0.1) is 13.8 Å². The summed E-state index contributed by atoms with van der Waals surface area (Å²) in [6.07, 6.45) is 7.39. The lowest BCUT2D eigenvalue weighted by atomic mass is 9.94. The number of benzene rings is 2. The molecule has 40 heavy (non-hydrogen) atoms. The van der Waals surface area contributed by atoms with Crippen LogP contribution < -0.4 is 15.5 Å². The summed E-state index contributed by atoms with van der Waals surface area (Å²) in [6, 6.07) is 17.5. The Morgan fingerprint density at radius 1 is 0.950 bits per heavy atom. The average molecular weight is 561 g/mol. The van der Waals surface area contributed by atoms with Gasteiger partial charge in [-0.3, -0.25) is 19.3 Å². The van der Waals surface area contributed by atoms with Crippen molar-refractivity contribution in [1.29, 1.82) is 0 Å². The van der Waals surface area contributed by atoms with Gasteiger partial charge < -0.3 is 10.6 Å². The molecule has 1 aliphatic carbocycles. The zero-order valence-corrected chi connectivity index (χ0v) is 23.9. The fourth-order valence-electron chi connectivity index (χ4n) is 5.28. The third kappa shape index (κ3) is 8.15. The molecule has 7 nitrogen and oxygen atoms in total. The van der Waals surface area contributed by atoms with Crippen molar-refractivity contribution in [1.82, 2.24) is 10.3 Å². The molecule has 1 heterocycles.